The predicted octanol–water partition coefficient (Wildman–Crippen LogP) is 4.20. The maximum Gasteiger partial charge on any atom is 0.243 e. The van der Waals surface area contributed by atoms with Gasteiger partial charge in [-0.25, -0.2) is 8.42 Å². The molecule has 2 aliphatic rings. The zero-order valence-corrected chi connectivity index (χ0v) is 16.3. The summed E-state index contributed by atoms with van der Waals surface area (Å²) in [4.78, 5) is 0.411. The molecule has 140 valence electrons. The Morgan fingerprint density at radius 2 is 1.88 bits per heavy atom. The maximum atomic E-state index is 13.3. The number of nitrogens with zero attached hydrogens (tertiary/aromatic N) is 2. The molecule has 0 amide bonds. The Kier molecular flexibility index (Phi) is 4.65. The van der Waals surface area contributed by atoms with Gasteiger partial charge in [0.1, 0.15) is 0 Å². The van der Waals surface area contributed by atoms with Crippen LogP contribution in [0.4, 0.5) is 0 Å². The third kappa shape index (κ3) is 3.09. The molecule has 26 heavy (non-hydrogen) atoms. The van der Waals surface area contributed by atoms with Crippen LogP contribution in [0.3, 0.4) is 0 Å². The fourth-order valence-corrected chi connectivity index (χ4v) is 5.77. The maximum absolute atomic E-state index is 13.3. The zero-order valence-electron chi connectivity index (χ0n) is 15.4. The molecule has 1 aliphatic heterocycles. The van der Waals surface area contributed by atoms with E-state index in [1.165, 1.54) is 17.5 Å². The summed E-state index contributed by atoms with van der Waals surface area (Å²) in [6.45, 7) is 4.64. The zero-order chi connectivity index (χ0) is 18.3. The van der Waals surface area contributed by atoms with Crippen molar-refractivity contribution in [2.24, 2.45) is 0 Å². The van der Waals surface area contributed by atoms with Gasteiger partial charge in [-0.3, -0.25) is 0 Å². The molecule has 0 spiro atoms. The fourth-order valence-electron chi connectivity index (χ4n) is 4.05. The lowest BCUT2D eigenvalue weighted by Crippen LogP contribution is -2.30. The first-order valence-electron chi connectivity index (χ1n) is 9.57. The molecular formula is C20H26N2O3S. The van der Waals surface area contributed by atoms with Crippen molar-refractivity contribution in [2.75, 3.05) is 6.54 Å². The van der Waals surface area contributed by atoms with E-state index in [-0.39, 0.29) is 12.0 Å². The van der Waals surface area contributed by atoms with E-state index >= 15 is 0 Å². The van der Waals surface area contributed by atoms with Crippen LogP contribution in [-0.4, -0.2) is 24.4 Å². The summed E-state index contributed by atoms with van der Waals surface area (Å²) in [5, 5.41) is 4.11. The lowest BCUT2D eigenvalue weighted by atomic mass is 9.92. The summed E-state index contributed by atoms with van der Waals surface area (Å²) in [5.74, 6) is 0.923. The van der Waals surface area contributed by atoms with Crippen LogP contribution in [-0.2, 0) is 22.9 Å². The Bertz CT molecular complexity index is 902. The first-order valence-corrected chi connectivity index (χ1v) is 11.0. The van der Waals surface area contributed by atoms with Gasteiger partial charge >= 0.3 is 0 Å². The molecule has 1 aromatic carbocycles. The number of hydrogen-bond acceptors (Lipinski definition) is 4. The second-order valence-electron chi connectivity index (χ2n) is 7.72. The molecule has 0 saturated carbocycles. The second kappa shape index (κ2) is 6.82. The smallest absolute Gasteiger partial charge is 0.243 e. The van der Waals surface area contributed by atoms with Gasteiger partial charge in [0.15, 0.2) is 5.76 Å². The van der Waals surface area contributed by atoms with E-state index < -0.39 is 10.0 Å². The molecule has 1 atom stereocenters. The minimum absolute atomic E-state index is 0.254. The molecular weight excluding hydrogens is 348 g/mol. The van der Waals surface area contributed by atoms with E-state index in [1.54, 1.807) is 10.4 Å². The molecule has 4 rings (SSSR count). The molecule has 1 aliphatic carbocycles. The Morgan fingerprint density at radius 3 is 2.62 bits per heavy atom. The fraction of sp³-hybridized carbons (Fsp3) is 0.550. The molecule has 2 aromatic rings. The van der Waals surface area contributed by atoms with Crippen LogP contribution in [0, 0.1) is 0 Å². The van der Waals surface area contributed by atoms with Crippen molar-refractivity contribution >= 4 is 10.0 Å². The van der Waals surface area contributed by atoms with Gasteiger partial charge in [-0.2, -0.15) is 4.31 Å². The van der Waals surface area contributed by atoms with Crippen LogP contribution in [0.15, 0.2) is 33.7 Å². The Hall–Kier alpha value is -1.66. The summed E-state index contributed by atoms with van der Waals surface area (Å²) in [6, 6.07) is 7.32. The van der Waals surface area contributed by atoms with Crippen LogP contribution in [0.25, 0.3) is 0 Å². The van der Waals surface area contributed by atoms with Gasteiger partial charge in [0.2, 0.25) is 10.0 Å². The van der Waals surface area contributed by atoms with E-state index in [2.05, 4.69) is 19.0 Å². The molecule has 0 N–H and O–H groups in total. The predicted molar refractivity (Wildman–Crippen MR) is 99.5 cm³/mol. The summed E-state index contributed by atoms with van der Waals surface area (Å²) in [6.07, 6.45) is 5.97. The normalized spacial score (nSPS) is 21.3. The van der Waals surface area contributed by atoms with Crippen molar-refractivity contribution in [3.8, 4) is 0 Å². The van der Waals surface area contributed by atoms with Crippen molar-refractivity contribution in [3.63, 3.8) is 0 Å². The first kappa shape index (κ1) is 17.7. The van der Waals surface area contributed by atoms with E-state index in [1.807, 2.05) is 18.2 Å². The minimum atomic E-state index is -3.53. The molecule has 0 radical (unpaired) electrons. The van der Waals surface area contributed by atoms with Crippen molar-refractivity contribution in [3.05, 3.63) is 46.8 Å². The second-order valence-corrected chi connectivity index (χ2v) is 9.61. The van der Waals surface area contributed by atoms with E-state index in [0.717, 1.165) is 37.8 Å². The van der Waals surface area contributed by atoms with Crippen LogP contribution < -0.4 is 0 Å². The highest BCUT2D eigenvalue weighted by Gasteiger charge is 2.38. The summed E-state index contributed by atoms with van der Waals surface area (Å²) >= 11 is 0. The highest BCUT2D eigenvalue weighted by molar-refractivity contribution is 7.89. The van der Waals surface area contributed by atoms with Crippen molar-refractivity contribution in [1.82, 2.24) is 9.46 Å². The highest BCUT2D eigenvalue weighted by Crippen LogP contribution is 2.38. The molecule has 1 aromatic heterocycles. The Balaban J connectivity index is 1.65. The largest absolute Gasteiger partial charge is 0.359 e. The number of benzene rings is 1. The quantitative estimate of drug-likeness (QED) is 0.804. The van der Waals surface area contributed by atoms with Gasteiger partial charge in [-0.1, -0.05) is 25.1 Å². The summed E-state index contributed by atoms with van der Waals surface area (Å²) < 4.78 is 33.7. The van der Waals surface area contributed by atoms with Crippen molar-refractivity contribution in [2.45, 2.75) is 69.2 Å². The number of aromatic nitrogens is 1. The third-order valence-corrected chi connectivity index (χ3v) is 7.50. The third-order valence-electron chi connectivity index (χ3n) is 5.60. The Labute approximate surface area is 155 Å². The summed E-state index contributed by atoms with van der Waals surface area (Å²) in [7, 11) is -3.53. The highest BCUT2D eigenvalue weighted by atomic mass is 32.2. The lowest BCUT2D eigenvalue weighted by molar-refractivity contribution is 0.295. The molecule has 0 bridgehead atoms. The molecule has 1 fully saturated rings. The number of fused-ring (bicyclic) bond motifs is 1. The van der Waals surface area contributed by atoms with Crippen LogP contribution in [0.1, 0.15) is 74.1 Å². The van der Waals surface area contributed by atoms with E-state index in [9.17, 15) is 8.42 Å². The van der Waals surface area contributed by atoms with Gasteiger partial charge in [0.25, 0.3) is 0 Å². The Morgan fingerprint density at radius 1 is 1.12 bits per heavy atom. The molecule has 0 unspecified atom stereocenters. The van der Waals surface area contributed by atoms with Gasteiger partial charge in [0, 0.05) is 12.6 Å². The number of hydrogen-bond donors (Lipinski definition) is 0. The monoisotopic (exact) mass is 374 g/mol. The van der Waals surface area contributed by atoms with E-state index in [0.29, 0.717) is 17.2 Å². The van der Waals surface area contributed by atoms with Crippen molar-refractivity contribution < 1.29 is 12.9 Å². The first-order chi connectivity index (χ1) is 12.5. The standard InChI is InChI=1S/C20H26N2O3S/c1-14(2)18-13-20(25-21-18)19-8-5-11-22(19)26(23,24)17-10-9-15-6-3-4-7-16(15)12-17/h9-10,12-14,19H,3-8,11H2,1-2H3/t19-/m0/s1. The van der Waals surface area contributed by atoms with Gasteiger partial charge in [0.05, 0.1) is 16.6 Å². The van der Waals surface area contributed by atoms with E-state index in [4.69, 9.17) is 4.52 Å². The molecule has 6 heteroatoms. The van der Waals surface area contributed by atoms with Crippen LogP contribution in [0.2, 0.25) is 0 Å². The average Bonchev–Trinajstić information content (AvgIpc) is 3.30. The molecule has 1 saturated heterocycles. The van der Waals surface area contributed by atoms with Gasteiger partial charge in [-0.05, 0) is 67.7 Å². The van der Waals surface area contributed by atoms with Gasteiger partial charge in [-0.15, -0.1) is 0 Å². The molecule has 5 nitrogen and oxygen atoms in total. The summed E-state index contributed by atoms with van der Waals surface area (Å²) in [5.41, 5.74) is 3.36. The van der Waals surface area contributed by atoms with Crippen molar-refractivity contribution in [1.29, 1.82) is 0 Å². The SMILES string of the molecule is CC(C)c1cc([C@@H]2CCCN2S(=O)(=O)c2ccc3c(c2)CCCC3)on1. The number of aryl methyl sites for hydroxylation is 2. The topological polar surface area (TPSA) is 63.4 Å². The van der Waals surface area contributed by atoms with Gasteiger partial charge < -0.3 is 4.52 Å². The average molecular weight is 375 g/mol. The number of rotatable bonds is 4. The van der Waals surface area contributed by atoms with Crippen LogP contribution in [0.5, 0.6) is 0 Å². The molecule has 2 heterocycles. The lowest BCUT2D eigenvalue weighted by Gasteiger charge is -2.23. The number of sulfonamides is 1. The minimum Gasteiger partial charge on any atom is -0.359 e. The van der Waals surface area contributed by atoms with Crippen LogP contribution >= 0.6 is 0 Å².